The van der Waals surface area contributed by atoms with Crippen molar-refractivity contribution in [3.05, 3.63) is 17.3 Å². The molecule has 2 aromatic rings. The second-order valence-corrected chi connectivity index (χ2v) is 5.96. The number of fused-ring (bicyclic) bond motifs is 1. The maximum absolute atomic E-state index is 11.5. The van der Waals surface area contributed by atoms with Gasteiger partial charge in [-0.05, 0) is 13.3 Å². The standard InChI is InChI=1S/C12H14N4O2S/c1-12(10(13)18)2-3-15(7-12)9-8(6-17)16-4-5-19-11(16)14-9/h4-6H,2-3,7H2,1H3,(H2,13,18). The van der Waals surface area contributed by atoms with Gasteiger partial charge in [-0.25, -0.2) is 4.98 Å². The van der Waals surface area contributed by atoms with Gasteiger partial charge in [0, 0.05) is 24.7 Å². The fourth-order valence-corrected chi connectivity index (χ4v) is 3.19. The molecule has 1 aliphatic rings. The third-order valence-corrected chi connectivity index (χ3v) is 4.52. The number of carbonyl (C=O) groups is 2. The van der Waals surface area contributed by atoms with Crippen molar-refractivity contribution in [2.75, 3.05) is 18.0 Å². The zero-order chi connectivity index (χ0) is 13.6. The summed E-state index contributed by atoms with van der Waals surface area (Å²) in [4.78, 5) is 30.0. The van der Waals surface area contributed by atoms with Crippen molar-refractivity contribution in [2.45, 2.75) is 13.3 Å². The van der Waals surface area contributed by atoms with Crippen LogP contribution in [0.15, 0.2) is 11.6 Å². The Labute approximate surface area is 113 Å². The number of carbonyl (C=O) groups excluding carboxylic acids is 2. The number of nitrogens with zero attached hydrogens (tertiary/aromatic N) is 3. The van der Waals surface area contributed by atoms with E-state index in [1.807, 2.05) is 23.4 Å². The Bertz CT molecular complexity index is 662. The van der Waals surface area contributed by atoms with E-state index < -0.39 is 5.41 Å². The molecule has 2 aromatic heterocycles. The number of hydrogen-bond acceptors (Lipinski definition) is 5. The van der Waals surface area contributed by atoms with Crippen molar-refractivity contribution in [3.63, 3.8) is 0 Å². The van der Waals surface area contributed by atoms with E-state index in [9.17, 15) is 9.59 Å². The molecule has 1 atom stereocenters. The summed E-state index contributed by atoms with van der Waals surface area (Å²) in [5.41, 5.74) is 5.43. The van der Waals surface area contributed by atoms with Gasteiger partial charge in [-0.15, -0.1) is 11.3 Å². The van der Waals surface area contributed by atoms with Crippen LogP contribution < -0.4 is 10.6 Å². The number of primary amides is 1. The minimum Gasteiger partial charge on any atom is -0.369 e. The van der Waals surface area contributed by atoms with Gasteiger partial charge in [-0.2, -0.15) is 0 Å². The number of amides is 1. The van der Waals surface area contributed by atoms with Gasteiger partial charge in [0.1, 0.15) is 5.69 Å². The third kappa shape index (κ3) is 1.73. The molecule has 1 aliphatic heterocycles. The number of hydrogen-bond donors (Lipinski definition) is 1. The zero-order valence-corrected chi connectivity index (χ0v) is 11.3. The van der Waals surface area contributed by atoms with Crippen LogP contribution in [0.1, 0.15) is 23.8 Å². The quantitative estimate of drug-likeness (QED) is 0.846. The summed E-state index contributed by atoms with van der Waals surface area (Å²) >= 11 is 1.48. The van der Waals surface area contributed by atoms with E-state index in [2.05, 4.69) is 4.98 Å². The van der Waals surface area contributed by atoms with Gasteiger partial charge in [0.2, 0.25) is 5.91 Å². The third-order valence-electron chi connectivity index (χ3n) is 3.76. The SMILES string of the molecule is CC1(C(N)=O)CCN(c2nc3sccn3c2C=O)C1. The number of anilines is 1. The number of aldehydes is 1. The molecule has 1 fully saturated rings. The number of imidazole rings is 1. The first-order chi connectivity index (χ1) is 9.05. The van der Waals surface area contributed by atoms with Crippen molar-refractivity contribution >= 4 is 34.3 Å². The molecule has 19 heavy (non-hydrogen) atoms. The maximum Gasteiger partial charge on any atom is 0.225 e. The maximum atomic E-state index is 11.5. The lowest BCUT2D eigenvalue weighted by Gasteiger charge is -2.21. The van der Waals surface area contributed by atoms with E-state index in [4.69, 9.17) is 5.73 Å². The Morgan fingerprint density at radius 1 is 1.63 bits per heavy atom. The average Bonchev–Trinajstić information content (AvgIpc) is 3.01. The Hall–Kier alpha value is -1.89. The summed E-state index contributed by atoms with van der Waals surface area (Å²) in [5.74, 6) is 0.343. The summed E-state index contributed by atoms with van der Waals surface area (Å²) in [5, 5.41) is 1.89. The molecular weight excluding hydrogens is 264 g/mol. The predicted molar refractivity (Wildman–Crippen MR) is 72.6 cm³/mol. The first kappa shape index (κ1) is 12.2. The van der Waals surface area contributed by atoms with E-state index in [-0.39, 0.29) is 5.91 Å². The molecule has 7 heteroatoms. The summed E-state index contributed by atoms with van der Waals surface area (Å²) in [7, 11) is 0. The molecule has 0 spiro atoms. The van der Waals surface area contributed by atoms with Crippen LogP contribution in [0.3, 0.4) is 0 Å². The fraction of sp³-hybridized carbons (Fsp3) is 0.417. The lowest BCUT2D eigenvalue weighted by molar-refractivity contribution is -0.125. The second kappa shape index (κ2) is 4.06. The lowest BCUT2D eigenvalue weighted by Crippen LogP contribution is -2.37. The molecule has 0 bridgehead atoms. The molecule has 0 radical (unpaired) electrons. The molecule has 2 N–H and O–H groups in total. The van der Waals surface area contributed by atoms with Gasteiger partial charge in [-0.3, -0.25) is 14.0 Å². The van der Waals surface area contributed by atoms with E-state index in [1.54, 1.807) is 4.40 Å². The van der Waals surface area contributed by atoms with Crippen LogP contribution in [0.5, 0.6) is 0 Å². The van der Waals surface area contributed by atoms with Gasteiger partial charge in [-0.1, -0.05) is 0 Å². The van der Waals surface area contributed by atoms with Gasteiger partial charge in [0.05, 0.1) is 5.41 Å². The first-order valence-corrected chi connectivity index (χ1v) is 6.89. The summed E-state index contributed by atoms with van der Waals surface area (Å²) in [6.45, 7) is 3.05. The monoisotopic (exact) mass is 278 g/mol. The van der Waals surface area contributed by atoms with E-state index in [0.717, 1.165) is 11.2 Å². The molecule has 1 amide bonds. The Kier molecular flexibility index (Phi) is 2.60. The highest BCUT2D eigenvalue weighted by Gasteiger charge is 2.40. The minimum atomic E-state index is -0.544. The first-order valence-electron chi connectivity index (χ1n) is 6.01. The van der Waals surface area contributed by atoms with Gasteiger partial charge < -0.3 is 10.6 Å². The topological polar surface area (TPSA) is 80.7 Å². The van der Waals surface area contributed by atoms with Crippen LogP contribution in [0.25, 0.3) is 4.96 Å². The van der Waals surface area contributed by atoms with Crippen molar-refractivity contribution in [1.82, 2.24) is 9.38 Å². The molecule has 100 valence electrons. The molecule has 0 saturated carbocycles. The number of thiazole rings is 1. The van der Waals surface area contributed by atoms with E-state index >= 15 is 0 Å². The molecule has 0 aromatic carbocycles. The molecule has 0 aliphatic carbocycles. The Morgan fingerprint density at radius 2 is 2.42 bits per heavy atom. The van der Waals surface area contributed by atoms with Crippen LogP contribution in [-0.4, -0.2) is 34.7 Å². The summed E-state index contributed by atoms with van der Waals surface area (Å²) in [6.07, 6.45) is 3.32. The molecule has 3 heterocycles. The van der Waals surface area contributed by atoms with Crippen LogP contribution in [0.2, 0.25) is 0 Å². The fourth-order valence-electron chi connectivity index (χ4n) is 2.48. The minimum absolute atomic E-state index is 0.302. The highest BCUT2D eigenvalue weighted by atomic mass is 32.1. The summed E-state index contributed by atoms with van der Waals surface area (Å²) < 4.78 is 1.77. The lowest BCUT2D eigenvalue weighted by atomic mass is 9.89. The molecule has 1 saturated heterocycles. The highest BCUT2D eigenvalue weighted by Crippen LogP contribution is 2.34. The predicted octanol–water partition coefficient (Wildman–Crippen LogP) is 0.910. The van der Waals surface area contributed by atoms with Gasteiger partial charge in [0.25, 0.3) is 0 Å². The normalized spacial score (nSPS) is 23.1. The average molecular weight is 278 g/mol. The van der Waals surface area contributed by atoms with Crippen LogP contribution in [0.4, 0.5) is 5.82 Å². The highest BCUT2D eigenvalue weighted by molar-refractivity contribution is 7.15. The van der Waals surface area contributed by atoms with Crippen LogP contribution in [-0.2, 0) is 4.79 Å². The molecule has 3 rings (SSSR count). The van der Waals surface area contributed by atoms with Crippen molar-refractivity contribution in [2.24, 2.45) is 11.1 Å². The van der Waals surface area contributed by atoms with Gasteiger partial charge >= 0.3 is 0 Å². The van der Waals surface area contributed by atoms with Crippen LogP contribution >= 0.6 is 11.3 Å². The van der Waals surface area contributed by atoms with Crippen LogP contribution in [0, 0.1) is 5.41 Å². The zero-order valence-electron chi connectivity index (χ0n) is 10.5. The Balaban J connectivity index is 2.00. The van der Waals surface area contributed by atoms with Crippen molar-refractivity contribution in [1.29, 1.82) is 0 Å². The molecule has 6 nitrogen and oxygen atoms in total. The largest absolute Gasteiger partial charge is 0.369 e. The van der Waals surface area contributed by atoms with Gasteiger partial charge in [0.15, 0.2) is 17.1 Å². The number of nitrogens with two attached hydrogens (primary N) is 1. The molecule has 1 unspecified atom stereocenters. The smallest absolute Gasteiger partial charge is 0.225 e. The Morgan fingerprint density at radius 3 is 3.05 bits per heavy atom. The van der Waals surface area contributed by atoms with Crippen molar-refractivity contribution in [3.8, 4) is 0 Å². The number of aromatic nitrogens is 2. The summed E-state index contributed by atoms with van der Waals surface area (Å²) in [6, 6.07) is 0. The number of rotatable bonds is 3. The second-order valence-electron chi connectivity index (χ2n) is 5.09. The van der Waals surface area contributed by atoms with E-state index in [1.165, 1.54) is 11.3 Å². The van der Waals surface area contributed by atoms with E-state index in [0.29, 0.717) is 31.0 Å². The molecular formula is C12H14N4O2S. The van der Waals surface area contributed by atoms with Crippen molar-refractivity contribution < 1.29 is 9.59 Å².